The first-order valence-corrected chi connectivity index (χ1v) is 5.28. The lowest BCUT2D eigenvalue weighted by molar-refractivity contribution is -0.121. The lowest BCUT2D eigenvalue weighted by Gasteiger charge is -2.06. The van der Waals surface area contributed by atoms with Crippen LogP contribution in [0.15, 0.2) is 23.1 Å². The van der Waals surface area contributed by atoms with Gasteiger partial charge in [-0.1, -0.05) is 6.07 Å². The summed E-state index contributed by atoms with van der Waals surface area (Å²) in [4.78, 5) is 22.9. The predicted molar refractivity (Wildman–Crippen MR) is 62.1 cm³/mol. The summed E-state index contributed by atoms with van der Waals surface area (Å²) in [6.45, 7) is 3.06. The third kappa shape index (κ3) is 3.51. The van der Waals surface area contributed by atoms with E-state index in [-0.39, 0.29) is 11.5 Å². The minimum Gasteiger partial charge on any atom is -0.355 e. The van der Waals surface area contributed by atoms with Crippen molar-refractivity contribution in [3.8, 4) is 0 Å². The van der Waals surface area contributed by atoms with Gasteiger partial charge in [-0.15, -0.1) is 0 Å². The minimum absolute atomic E-state index is 0.0471. The first-order chi connectivity index (χ1) is 7.65. The molecule has 1 heterocycles. The van der Waals surface area contributed by atoms with Crippen molar-refractivity contribution in [1.29, 1.82) is 0 Å². The highest BCUT2D eigenvalue weighted by atomic mass is 16.1. The summed E-state index contributed by atoms with van der Waals surface area (Å²) < 4.78 is 1.54. The van der Waals surface area contributed by atoms with E-state index in [1.807, 2.05) is 0 Å². The number of carbonyl (C=O) groups excluding carboxylic acids is 1. The van der Waals surface area contributed by atoms with Crippen molar-refractivity contribution in [1.82, 2.24) is 9.88 Å². The molecule has 0 aliphatic heterocycles. The number of nitrogens with one attached hydrogen (secondary N) is 1. The van der Waals surface area contributed by atoms with Crippen molar-refractivity contribution in [3.63, 3.8) is 0 Å². The van der Waals surface area contributed by atoms with Crippen LogP contribution < -0.4 is 16.6 Å². The van der Waals surface area contributed by atoms with Crippen LogP contribution in [0.25, 0.3) is 0 Å². The molecule has 1 aromatic heterocycles. The van der Waals surface area contributed by atoms with Gasteiger partial charge in [0.2, 0.25) is 5.91 Å². The van der Waals surface area contributed by atoms with Crippen LogP contribution in [0.3, 0.4) is 0 Å². The first kappa shape index (κ1) is 12.4. The molecule has 16 heavy (non-hydrogen) atoms. The summed E-state index contributed by atoms with van der Waals surface area (Å²) in [6, 6.07) is 3.56. The summed E-state index contributed by atoms with van der Waals surface area (Å²) >= 11 is 0. The third-order valence-electron chi connectivity index (χ3n) is 2.26. The number of nitrogens with zero attached hydrogens (tertiary/aromatic N) is 1. The molecule has 1 rings (SSSR count). The maximum absolute atomic E-state index is 11.6. The molecule has 0 saturated heterocycles. The van der Waals surface area contributed by atoms with Gasteiger partial charge < -0.3 is 15.6 Å². The Bertz CT molecular complexity index is 412. The number of aryl methyl sites for hydroxylation is 2. The zero-order valence-corrected chi connectivity index (χ0v) is 9.40. The second-order valence-corrected chi connectivity index (χ2v) is 3.58. The van der Waals surface area contributed by atoms with Crippen LogP contribution in [-0.2, 0) is 11.3 Å². The highest BCUT2D eigenvalue weighted by Gasteiger charge is 2.02. The molecule has 0 unspecified atom stereocenters. The Morgan fingerprint density at radius 3 is 3.00 bits per heavy atom. The monoisotopic (exact) mass is 223 g/mol. The van der Waals surface area contributed by atoms with Gasteiger partial charge >= 0.3 is 0 Å². The van der Waals surface area contributed by atoms with Gasteiger partial charge in [0.25, 0.3) is 5.56 Å². The largest absolute Gasteiger partial charge is 0.355 e. The standard InChI is InChI=1S/C11H17N3O2/c1-9-3-2-7-14(11(9)16)8-4-10(15)13-6-5-12/h2-3,7H,4-6,8,12H2,1H3,(H,13,15). The minimum atomic E-state index is -0.0844. The van der Waals surface area contributed by atoms with Gasteiger partial charge in [-0.2, -0.15) is 0 Å². The van der Waals surface area contributed by atoms with E-state index in [2.05, 4.69) is 5.32 Å². The molecular formula is C11H17N3O2. The lowest BCUT2D eigenvalue weighted by atomic mass is 10.3. The van der Waals surface area contributed by atoms with Crippen LogP contribution in [0, 0.1) is 6.92 Å². The Morgan fingerprint density at radius 2 is 2.31 bits per heavy atom. The number of carbonyl (C=O) groups is 1. The molecule has 1 aromatic rings. The predicted octanol–water partition coefficient (Wildman–Crippen LogP) is -0.378. The fourth-order valence-corrected chi connectivity index (χ4v) is 1.35. The zero-order chi connectivity index (χ0) is 12.0. The van der Waals surface area contributed by atoms with E-state index in [1.54, 1.807) is 25.3 Å². The maximum Gasteiger partial charge on any atom is 0.253 e. The highest BCUT2D eigenvalue weighted by Crippen LogP contribution is 1.91. The molecule has 3 N–H and O–H groups in total. The van der Waals surface area contributed by atoms with Crippen molar-refractivity contribution in [2.24, 2.45) is 5.73 Å². The average molecular weight is 223 g/mol. The van der Waals surface area contributed by atoms with Gasteiger partial charge in [0, 0.05) is 37.8 Å². The normalized spacial score (nSPS) is 10.1. The van der Waals surface area contributed by atoms with Crippen LogP contribution in [-0.4, -0.2) is 23.6 Å². The smallest absolute Gasteiger partial charge is 0.253 e. The number of rotatable bonds is 5. The fourth-order valence-electron chi connectivity index (χ4n) is 1.35. The van der Waals surface area contributed by atoms with Crippen LogP contribution >= 0.6 is 0 Å². The number of hydrogen-bond donors (Lipinski definition) is 2. The molecule has 0 radical (unpaired) electrons. The summed E-state index contributed by atoms with van der Waals surface area (Å²) in [6.07, 6.45) is 1.98. The van der Waals surface area contributed by atoms with Crippen LogP contribution in [0.5, 0.6) is 0 Å². The maximum atomic E-state index is 11.6. The number of hydrogen-bond acceptors (Lipinski definition) is 3. The van der Waals surface area contributed by atoms with Crippen LogP contribution in [0.2, 0.25) is 0 Å². The van der Waals surface area contributed by atoms with Crippen molar-refractivity contribution in [2.75, 3.05) is 13.1 Å². The SMILES string of the molecule is Cc1cccn(CCC(=O)NCCN)c1=O. The molecular weight excluding hydrogens is 206 g/mol. The van der Waals surface area contributed by atoms with Crippen LogP contribution in [0.4, 0.5) is 0 Å². The van der Waals surface area contributed by atoms with Gasteiger partial charge in [-0.3, -0.25) is 9.59 Å². The van der Waals surface area contributed by atoms with Gasteiger partial charge in [0.15, 0.2) is 0 Å². The van der Waals surface area contributed by atoms with Crippen LogP contribution in [0.1, 0.15) is 12.0 Å². The quantitative estimate of drug-likeness (QED) is 0.714. The van der Waals surface area contributed by atoms with E-state index < -0.39 is 0 Å². The number of amides is 1. The second kappa shape index (κ2) is 6.07. The molecule has 0 aliphatic carbocycles. The molecule has 88 valence electrons. The average Bonchev–Trinajstić information content (AvgIpc) is 2.28. The van der Waals surface area contributed by atoms with Gasteiger partial charge in [-0.05, 0) is 13.0 Å². The summed E-state index contributed by atoms with van der Waals surface area (Å²) in [5.41, 5.74) is 5.90. The van der Waals surface area contributed by atoms with Crippen molar-refractivity contribution < 1.29 is 4.79 Å². The first-order valence-electron chi connectivity index (χ1n) is 5.28. The molecule has 0 bridgehead atoms. The lowest BCUT2D eigenvalue weighted by Crippen LogP contribution is -2.31. The van der Waals surface area contributed by atoms with Crippen molar-refractivity contribution in [3.05, 3.63) is 34.2 Å². The van der Waals surface area contributed by atoms with E-state index >= 15 is 0 Å². The van der Waals surface area contributed by atoms with E-state index in [1.165, 1.54) is 4.57 Å². The summed E-state index contributed by atoms with van der Waals surface area (Å²) in [5, 5.41) is 2.66. The van der Waals surface area contributed by atoms with E-state index in [0.717, 1.165) is 0 Å². The van der Waals surface area contributed by atoms with Gasteiger partial charge in [0.05, 0.1) is 0 Å². The molecule has 0 aromatic carbocycles. The zero-order valence-electron chi connectivity index (χ0n) is 9.40. The van der Waals surface area contributed by atoms with Crippen molar-refractivity contribution >= 4 is 5.91 Å². The third-order valence-corrected chi connectivity index (χ3v) is 2.26. The van der Waals surface area contributed by atoms with Gasteiger partial charge in [0.1, 0.15) is 0 Å². The topological polar surface area (TPSA) is 77.1 Å². The molecule has 5 heteroatoms. The Labute approximate surface area is 94.3 Å². The molecule has 0 aliphatic rings. The molecule has 0 fully saturated rings. The second-order valence-electron chi connectivity index (χ2n) is 3.58. The molecule has 0 spiro atoms. The Balaban J connectivity index is 2.52. The molecule has 0 saturated carbocycles. The summed E-state index contributed by atoms with van der Waals surface area (Å²) in [7, 11) is 0. The van der Waals surface area contributed by atoms with Gasteiger partial charge in [-0.25, -0.2) is 0 Å². The molecule has 1 amide bonds. The Morgan fingerprint density at radius 1 is 1.56 bits per heavy atom. The highest BCUT2D eigenvalue weighted by molar-refractivity contribution is 5.75. The number of nitrogens with two attached hydrogens (primary N) is 1. The van der Waals surface area contributed by atoms with Crippen molar-refractivity contribution in [2.45, 2.75) is 19.9 Å². The number of pyridine rings is 1. The fraction of sp³-hybridized carbons (Fsp3) is 0.455. The summed E-state index contributed by atoms with van der Waals surface area (Å²) in [5.74, 6) is -0.0844. The van der Waals surface area contributed by atoms with E-state index in [4.69, 9.17) is 5.73 Å². The number of aromatic nitrogens is 1. The van der Waals surface area contributed by atoms with E-state index in [9.17, 15) is 9.59 Å². The Hall–Kier alpha value is -1.62. The van der Waals surface area contributed by atoms with E-state index in [0.29, 0.717) is 31.6 Å². The Kier molecular flexibility index (Phi) is 4.72. The molecule has 5 nitrogen and oxygen atoms in total. The molecule has 0 atom stereocenters.